The summed E-state index contributed by atoms with van der Waals surface area (Å²) < 4.78 is 1.19. The van der Waals surface area contributed by atoms with Crippen LogP contribution < -0.4 is 5.32 Å². The van der Waals surface area contributed by atoms with Gasteiger partial charge in [0.1, 0.15) is 0 Å². The maximum atomic E-state index is 5.90. The van der Waals surface area contributed by atoms with Crippen LogP contribution in [0, 0.1) is 0 Å². The monoisotopic (exact) mass is 343 g/mol. The van der Waals surface area contributed by atoms with Gasteiger partial charge in [0.15, 0.2) is 0 Å². The molecule has 1 aromatic heterocycles. The molecule has 0 aliphatic rings. The lowest BCUT2D eigenvalue weighted by molar-refractivity contribution is 0.560. The number of halogens is 2. The molecule has 0 spiro atoms. The molecular weight excluding hydrogens is 330 g/mol. The van der Waals surface area contributed by atoms with E-state index in [1.165, 1.54) is 14.2 Å². The molecule has 1 nitrogen and oxygen atoms in total. The molecular formula is C14H15BrClNS. The predicted molar refractivity (Wildman–Crippen MR) is 83.7 cm³/mol. The normalized spacial score (nSPS) is 12.6. The minimum absolute atomic E-state index is 0.455. The molecule has 2 rings (SSSR count). The Morgan fingerprint density at radius 1 is 1.17 bits per heavy atom. The second-order valence-corrected chi connectivity index (χ2v) is 7.21. The van der Waals surface area contributed by atoms with E-state index in [-0.39, 0.29) is 0 Å². The number of benzene rings is 1. The molecule has 2 aromatic rings. The maximum absolute atomic E-state index is 5.90. The Balaban J connectivity index is 1.99. The molecule has 0 bridgehead atoms. The first-order valence-corrected chi connectivity index (χ1v) is 7.82. The van der Waals surface area contributed by atoms with E-state index in [0.717, 1.165) is 17.9 Å². The Bertz CT molecular complexity index is 495. The first kappa shape index (κ1) is 14.1. The highest BCUT2D eigenvalue weighted by Gasteiger charge is 2.10. The van der Waals surface area contributed by atoms with Gasteiger partial charge in [0.2, 0.25) is 0 Å². The van der Waals surface area contributed by atoms with E-state index < -0.39 is 0 Å². The van der Waals surface area contributed by atoms with Gasteiger partial charge in [0.25, 0.3) is 0 Å². The van der Waals surface area contributed by atoms with Crippen LogP contribution in [0.5, 0.6) is 0 Å². The lowest BCUT2D eigenvalue weighted by Gasteiger charge is -2.15. The number of rotatable bonds is 5. The van der Waals surface area contributed by atoms with Crippen molar-refractivity contribution in [3.05, 3.63) is 55.6 Å². The molecule has 1 N–H and O–H groups in total. The minimum atomic E-state index is 0.455. The van der Waals surface area contributed by atoms with Crippen molar-refractivity contribution >= 4 is 38.9 Å². The van der Waals surface area contributed by atoms with Crippen molar-refractivity contribution in [2.75, 3.05) is 7.05 Å². The average molecular weight is 345 g/mol. The molecule has 0 saturated heterocycles. The summed E-state index contributed by atoms with van der Waals surface area (Å²) in [6.45, 7) is 0. The molecule has 0 fully saturated rings. The zero-order valence-electron chi connectivity index (χ0n) is 10.1. The quantitative estimate of drug-likeness (QED) is 0.840. The van der Waals surface area contributed by atoms with Gasteiger partial charge in [-0.15, -0.1) is 11.3 Å². The summed E-state index contributed by atoms with van der Waals surface area (Å²) in [4.78, 5) is 1.40. The molecule has 1 heterocycles. The van der Waals surface area contributed by atoms with E-state index >= 15 is 0 Å². The summed E-state index contributed by atoms with van der Waals surface area (Å²) in [6.07, 6.45) is 2.07. The molecule has 0 saturated carbocycles. The molecule has 0 aliphatic carbocycles. The first-order chi connectivity index (χ1) is 8.67. The van der Waals surface area contributed by atoms with E-state index in [4.69, 9.17) is 11.6 Å². The van der Waals surface area contributed by atoms with E-state index in [1.54, 1.807) is 11.3 Å². The molecule has 96 valence electrons. The zero-order valence-corrected chi connectivity index (χ0v) is 13.3. The van der Waals surface area contributed by atoms with E-state index in [1.807, 2.05) is 19.2 Å². The summed E-state index contributed by atoms with van der Waals surface area (Å²) in [5.41, 5.74) is 1.31. The highest BCUT2D eigenvalue weighted by molar-refractivity contribution is 9.11. The van der Waals surface area contributed by atoms with Crippen LogP contribution in [0.2, 0.25) is 5.02 Å². The van der Waals surface area contributed by atoms with Gasteiger partial charge in [0, 0.05) is 15.9 Å². The van der Waals surface area contributed by atoms with E-state index in [2.05, 4.69) is 45.5 Å². The SMILES string of the molecule is CNC(Cc1ccc(Cl)cc1)Cc1ccc(Br)s1. The number of thiophene rings is 1. The van der Waals surface area contributed by atoms with Gasteiger partial charge in [-0.05, 0) is 65.6 Å². The summed E-state index contributed by atoms with van der Waals surface area (Å²) in [7, 11) is 2.02. The van der Waals surface area contributed by atoms with Gasteiger partial charge >= 0.3 is 0 Å². The Hall–Kier alpha value is -0.350. The second-order valence-electron chi connectivity index (χ2n) is 4.23. The van der Waals surface area contributed by atoms with Gasteiger partial charge in [-0.3, -0.25) is 0 Å². The predicted octanol–water partition coefficient (Wildman–Crippen LogP) is 4.54. The van der Waals surface area contributed by atoms with Gasteiger partial charge in [-0.1, -0.05) is 23.7 Å². The fraction of sp³-hybridized carbons (Fsp3) is 0.286. The Morgan fingerprint density at radius 3 is 2.44 bits per heavy atom. The molecule has 0 radical (unpaired) electrons. The van der Waals surface area contributed by atoms with Crippen LogP contribution >= 0.6 is 38.9 Å². The fourth-order valence-corrected chi connectivity index (χ4v) is 3.57. The van der Waals surface area contributed by atoms with Gasteiger partial charge in [-0.2, -0.15) is 0 Å². The summed E-state index contributed by atoms with van der Waals surface area (Å²) in [6, 6.07) is 12.8. The van der Waals surface area contributed by atoms with Crippen molar-refractivity contribution in [3.8, 4) is 0 Å². The van der Waals surface area contributed by atoms with E-state index in [0.29, 0.717) is 6.04 Å². The van der Waals surface area contributed by atoms with Crippen molar-refractivity contribution in [2.45, 2.75) is 18.9 Å². The standard InChI is InChI=1S/C14H15BrClNS/c1-17-12(9-13-6-7-14(15)18-13)8-10-2-4-11(16)5-3-10/h2-7,12,17H,8-9H2,1H3. The van der Waals surface area contributed by atoms with Crippen LogP contribution in [0.25, 0.3) is 0 Å². The number of hydrogen-bond acceptors (Lipinski definition) is 2. The Morgan fingerprint density at radius 2 is 1.89 bits per heavy atom. The maximum Gasteiger partial charge on any atom is 0.0701 e. The van der Waals surface area contributed by atoms with Crippen molar-refractivity contribution < 1.29 is 0 Å². The third-order valence-corrected chi connectivity index (χ3v) is 4.78. The van der Waals surface area contributed by atoms with Crippen LogP contribution in [0.1, 0.15) is 10.4 Å². The number of likely N-dealkylation sites (N-methyl/N-ethyl adjacent to an activating group) is 1. The van der Waals surface area contributed by atoms with E-state index in [9.17, 15) is 0 Å². The van der Waals surface area contributed by atoms with Gasteiger partial charge in [0.05, 0.1) is 3.79 Å². The minimum Gasteiger partial charge on any atom is -0.316 e. The lowest BCUT2D eigenvalue weighted by Crippen LogP contribution is -2.29. The third-order valence-electron chi connectivity index (χ3n) is 2.88. The Labute approximate surface area is 125 Å². The van der Waals surface area contributed by atoms with Crippen LogP contribution in [0.3, 0.4) is 0 Å². The lowest BCUT2D eigenvalue weighted by atomic mass is 10.0. The van der Waals surface area contributed by atoms with Crippen molar-refractivity contribution in [1.82, 2.24) is 5.32 Å². The second kappa shape index (κ2) is 6.71. The van der Waals surface area contributed by atoms with Gasteiger partial charge < -0.3 is 5.32 Å². The van der Waals surface area contributed by atoms with Gasteiger partial charge in [-0.25, -0.2) is 0 Å². The summed E-state index contributed by atoms with van der Waals surface area (Å²) in [5.74, 6) is 0. The fourth-order valence-electron chi connectivity index (χ4n) is 1.89. The molecule has 4 heteroatoms. The molecule has 0 aliphatic heterocycles. The molecule has 1 aromatic carbocycles. The smallest absolute Gasteiger partial charge is 0.0701 e. The van der Waals surface area contributed by atoms with Crippen molar-refractivity contribution in [3.63, 3.8) is 0 Å². The molecule has 1 atom stereocenters. The number of nitrogens with one attached hydrogen (secondary N) is 1. The zero-order chi connectivity index (χ0) is 13.0. The van der Waals surface area contributed by atoms with Crippen molar-refractivity contribution in [2.24, 2.45) is 0 Å². The first-order valence-electron chi connectivity index (χ1n) is 5.83. The summed E-state index contributed by atoms with van der Waals surface area (Å²) >= 11 is 11.2. The topological polar surface area (TPSA) is 12.0 Å². The molecule has 18 heavy (non-hydrogen) atoms. The molecule has 0 amide bonds. The van der Waals surface area contributed by atoms with Crippen LogP contribution in [0.4, 0.5) is 0 Å². The van der Waals surface area contributed by atoms with Crippen LogP contribution in [0.15, 0.2) is 40.2 Å². The average Bonchev–Trinajstić information content (AvgIpc) is 2.77. The van der Waals surface area contributed by atoms with Crippen LogP contribution in [-0.2, 0) is 12.8 Å². The summed E-state index contributed by atoms with van der Waals surface area (Å²) in [5, 5.41) is 4.17. The third kappa shape index (κ3) is 4.09. The highest BCUT2D eigenvalue weighted by Crippen LogP contribution is 2.23. The van der Waals surface area contributed by atoms with Crippen LogP contribution in [-0.4, -0.2) is 13.1 Å². The number of hydrogen-bond donors (Lipinski definition) is 1. The highest BCUT2D eigenvalue weighted by atomic mass is 79.9. The Kier molecular flexibility index (Phi) is 5.25. The molecule has 1 unspecified atom stereocenters. The largest absolute Gasteiger partial charge is 0.316 e. The van der Waals surface area contributed by atoms with Crippen molar-refractivity contribution in [1.29, 1.82) is 0 Å².